The number of carbonyl (C=O) groups is 1. The first kappa shape index (κ1) is 20.3. The average molecular weight is 407 g/mol. The first-order valence-corrected chi connectivity index (χ1v) is 9.50. The van der Waals surface area contributed by atoms with Crippen molar-refractivity contribution in [2.24, 2.45) is 5.92 Å². The maximum absolute atomic E-state index is 10.8. The van der Waals surface area contributed by atoms with Gasteiger partial charge in [0.25, 0.3) is 0 Å². The molecule has 0 aromatic carbocycles. The molecule has 0 spiro atoms. The molecule has 2 aromatic heterocycles. The molecule has 0 atom stereocenters. The molecule has 1 aliphatic carbocycles. The molecule has 1 amide bonds. The normalized spacial score (nSPS) is 18.2. The van der Waals surface area contributed by atoms with E-state index in [-0.39, 0.29) is 22.9 Å². The van der Waals surface area contributed by atoms with Crippen molar-refractivity contribution in [2.45, 2.75) is 32.5 Å². The van der Waals surface area contributed by atoms with Gasteiger partial charge in [0.2, 0.25) is 17.7 Å². The molecular weight excluding hydrogens is 384 g/mol. The minimum Gasteiger partial charge on any atom is -0.476 e. The number of hydrogen-bond donors (Lipinski definition) is 1. The minimum atomic E-state index is -0.0469. The van der Waals surface area contributed by atoms with Gasteiger partial charge in [-0.1, -0.05) is 11.6 Å². The maximum Gasteiger partial charge on any atom is 0.240 e. The average Bonchev–Trinajstić information content (AvgIpc) is 2.66. The number of halogens is 1. The van der Waals surface area contributed by atoms with Crippen molar-refractivity contribution in [1.82, 2.24) is 20.3 Å². The highest BCUT2D eigenvalue weighted by Crippen LogP contribution is 2.33. The van der Waals surface area contributed by atoms with Crippen LogP contribution in [0.3, 0.4) is 0 Å². The Bertz CT molecular complexity index is 772. The third-order valence-electron chi connectivity index (χ3n) is 4.33. The summed E-state index contributed by atoms with van der Waals surface area (Å²) in [5.74, 6) is 0.944. The zero-order chi connectivity index (χ0) is 19.8. The number of rotatable bonds is 10. The van der Waals surface area contributed by atoms with Crippen molar-refractivity contribution in [3.05, 3.63) is 41.4 Å². The maximum atomic E-state index is 10.8. The zero-order valence-electron chi connectivity index (χ0n) is 15.6. The molecule has 150 valence electrons. The molecule has 0 bridgehead atoms. The molecule has 28 heavy (non-hydrogen) atoms. The minimum absolute atomic E-state index is 0.0469. The lowest BCUT2D eigenvalue weighted by Gasteiger charge is -2.34. The number of nitrogens with one attached hydrogen (secondary N) is 1. The number of ether oxygens (including phenoxy) is 3. The number of pyridine rings is 1. The van der Waals surface area contributed by atoms with Gasteiger partial charge >= 0.3 is 0 Å². The number of aromatic nitrogens is 3. The van der Waals surface area contributed by atoms with Gasteiger partial charge in [0.05, 0.1) is 19.3 Å². The van der Waals surface area contributed by atoms with Gasteiger partial charge in [-0.05, 0) is 36.5 Å². The van der Waals surface area contributed by atoms with Crippen molar-refractivity contribution in [1.29, 1.82) is 0 Å². The lowest BCUT2D eigenvalue weighted by Crippen LogP contribution is -2.37. The second-order valence-electron chi connectivity index (χ2n) is 6.57. The van der Waals surface area contributed by atoms with Crippen LogP contribution in [0, 0.1) is 5.92 Å². The van der Waals surface area contributed by atoms with Crippen molar-refractivity contribution < 1.29 is 19.0 Å². The quantitative estimate of drug-likeness (QED) is 0.605. The lowest BCUT2D eigenvalue weighted by molar-refractivity contribution is -0.119. The van der Waals surface area contributed by atoms with E-state index >= 15 is 0 Å². The molecule has 0 saturated heterocycles. The molecule has 1 saturated carbocycles. The molecular formula is C19H23ClN4O4. The third kappa shape index (κ3) is 6.03. The van der Waals surface area contributed by atoms with Crippen LogP contribution in [0.1, 0.15) is 25.3 Å². The van der Waals surface area contributed by atoms with Crippen LogP contribution in [-0.2, 0) is 16.1 Å². The predicted octanol–water partition coefficient (Wildman–Crippen LogP) is 2.41. The summed E-state index contributed by atoms with van der Waals surface area (Å²) < 4.78 is 17.1. The molecule has 3 rings (SSSR count). The lowest BCUT2D eigenvalue weighted by atomic mass is 9.83. The van der Waals surface area contributed by atoms with Crippen LogP contribution in [0.5, 0.6) is 11.8 Å². The van der Waals surface area contributed by atoms with E-state index in [1.165, 1.54) is 13.3 Å². The van der Waals surface area contributed by atoms with Crippen molar-refractivity contribution >= 4 is 17.5 Å². The van der Waals surface area contributed by atoms with Gasteiger partial charge in [0, 0.05) is 25.9 Å². The molecule has 1 aliphatic rings. The van der Waals surface area contributed by atoms with Crippen LogP contribution < -0.4 is 14.8 Å². The standard InChI is InChI=1S/C19H23ClN4O4/c1-13(25)22-6-7-26-16-8-15(9-16)11-28-19-17(20)18(23-12-24-19)27-10-14-2-4-21-5-3-14/h2-5,12,15-16H,6-11H2,1H3,(H,22,25). The van der Waals surface area contributed by atoms with E-state index in [2.05, 4.69) is 20.3 Å². The van der Waals surface area contributed by atoms with Gasteiger partial charge < -0.3 is 19.5 Å². The molecule has 1 fully saturated rings. The van der Waals surface area contributed by atoms with Gasteiger partial charge in [0.15, 0.2) is 5.02 Å². The van der Waals surface area contributed by atoms with Crippen LogP contribution in [0.25, 0.3) is 0 Å². The third-order valence-corrected chi connectivity index (χ3v) is 4.65. The highest BCUT2D eigenvalue weighted by atomic mass is 35.5. The summed E-state index contributed by atoms with van der Waals surface area (Å²) in [6.45, 7) is 3.38. The first-order valence-electron chi connectivity index (χ1n) is 9.13. The Morgan fingerprint density at radius 3 is 2.64 bits per heavy atom. The fraction of sp³-hybridized carbons (Fsp3) is 0.474. The highest BCUT2D eigenvalue weighted by Gasteiger charge is 2.30. The van der Waals surface area contributed by atoms with Crippen molar-refractivity contribution in [3.8, 4) is 11.8 Å². The predicted molar refractivity (Wildman–Crippen MR) is 102 cm³/mol. The van der Waals surface area contributed by atoms with E-state index in [0.29, 0.717) is 38.2 Å². The fourth-order valence-electron chi connectivity index (χ4n) is 2.77. The van der Waals surface area contributed by atoms with Crippen LogP contribution in [0.2, 0.25) is 5.02 Å². The summed E-state index contributed by atoms with van der Waals surface area (Å²) in [6, 6.07) is 3.72. The molecule has 9 heteroatoms. The Hall–Kier alpha value is -2.45. The summed E-state index contributed by atoms with van der Waals surface area (Å²) >= 11 is 6.31. The molecule has 0 aliphatic heterocycles. The molecule has 2 heterocycles. The van der Waals surface area contributed by atoms with Crippen LogP contribution in [-0.4, -0.2) is 46.7 Å². The van der Waals surface area contributed by atoms with E-state index in [0.717, 1.165) is 18.4 Å². The monoisotopic (exact) mass is 406 g/mol. The van der Waals surface area contributed by atoms with Gasteiger partial charge in [-0.3, -0.25) is 9.78 Å². The van der Waals surface area contributed by atoms with Crippen molar-refractivity contribution in [3.63, 3.8) is 0 Å². The number of hydrogen-bond acceptors (Lipinski definition) is 7. The number of nitrogens with zero attached hydrogens (tertiary/aromatic N) is 3. The van der Waals surface area contributed by atoms with Crippen LogP contribution >= 0.6 is 11.6 Å². The Kier molecular flexibility index (Phi) is 7.39. The SMILES string of the molecule is CC(=O)NCCOC1CC(COc2ncnc(OCc3ccncc3)c2Cl)C1. The van der Waals surface area contributed by atoms with Crippen LogP contribution in [0.15, 0.2) is 30.9 Å². The fourth-order valence-corrected chi connectivity index (χ4v) is 2.97. The van der Waals surface area contributed by atoms with Crippen molar-refractivity contribution in [2.75, 3.05) is 19.8 Å². The summed E-state index contributed by atoms with van der Waals surface area (Å²) in [6.07, 6.45) is 6.80. The Labute approximate surface area is 168 Å². The summed E-state index contributed by atoms with van der Waals surface area (Å²) in [5.41, 5.74) is 0.964. The van der Waals surface area contributed by atoms with Crippen LogP contribution in [0.4, 0.5) is 0 Å². The highest BCUT2D eigenvalue weighted by molar-refractivity contribution is 6.33. The van der Waals surface area contributed by atoms with E-state index in [9.17, 15) is 4.79 Å². The first-order chi connectivity index (χ1) is 13.6. The second-order valence-corrected chi connectivity index (χ2v) is 6.94. The molecule has 2 aromatic rings. The Morgan fingerprint density at radius 2 is 1.93 bits per heavy atom. The molecule has 1 N–H and O–H groups in total. The Morgan fingerprint density at radius 1 is 1.21 bits per heavy atom. The van der Waals surface area contributed by atoms with E-state index in [4.69, 9.17) is 25.8 Å². The van der Waals surface area contributed by atoms with E-state index in [1.807, 2.05) is 12.1 Å². The van der Waals surface area contributed by atoms with Gasteiger partial charge in [-0.15, -0.1) is 0 Å². The molecule has 0 unspecified atom stereocenters. The van der Waals surface area contributed by atoms with E-state index < -0.39 is 0 Å². The summed E-state index contributed by atoms with van der Waals surface area (Å²) in [4.78, 5) is 22.9. The molecule has 0 radical (unpaired) electrons. The largest absolute Gasteiger partial charge is 0.476 e. The van der Waals surface area contributed by atoms with Gasteiger partial charge in [-0.2, -0.15) is 0 Å². The topological polar surface area (TPSA) is 95.5 Å². The van der Waals surface area contributed by atoms with E-state index in [1.54, 1.807) is 12.4 Å². The summed E-state index contributed by atoms with van der Waals surface area (Å²) in [7, 11) is 0. The molecule has 8 nitrogen and oxygen atoms in total. The second kappa shape index (κ2) is 10.2. The Balaban J connectivity index is 1.39. The van der Waals surface area contributed by atoms with Gasteiger partial charge in [-0.25, -0.2) is 9.97 Å². The number of carbonyl (C=O) groups excluding carboxylic acids is 1. The number of amides is 1. The zero-order valence-corrected chi connectivity index (χ0v) is 16.4. The van der Waals surface area contributed by atoms with Gasteiger partial charge in [0.1, 0.15) is 12.9 Å². The smallest absolute Gasteiger partial charge is 0.240 e. The summed E-state index contributed by atoms with van der Waals surface area (Å²) in [5, 5.41) is 2.97.